The molecule has 0 spiro atoms. The van der Waals surface area contributed by atoms with Crippen LogP contribution in [0.25, 0.3) is 0 Å². The summed E-state index contributed by atoms with van der Waals surface area (Å²) in [7, 11) is 1.71. The van der Waals surface area contributed by atoms with Gasteiger partial charge in [-0.2, -0.15) is 0 Å². The summed E-state index contributed by atoms with van der Waals surface area (Å²) in [5.74, 6) is 0.892. The molecule has 3 heteroatoms. The average Bonchev–Trinajstić information content (AvgIpc) is 2.59. The Labute approximate surface area is 122 Å². The maximum atomic E-state index is 6.13. The Bertz CT molecular complexity index is 444. The summed E-state index contributed by atoms with van der Waals surface area (Å²) in [5.41, 5.74) is 7.62. The van der Waals surface area contributed by atoms with Crippen LogP contribution in [0.1, 0.15) is 46.0 Å². The van der Waals surface area contributed by atoms with Crippen molar-refractivity contribution in [1.29, 1.82) is 0 Å². The molecule has 1 fully saturated rings. The van der Waals surface area contributed by atoms with Gasteiger partial charge in [0.05, 0.1) is 12.8 Å². The largest absolute Gasteiger partial charge is 0.495 e. The van der Waals surface area contributed by atoms with Crippen molar-refractivity contribution in [2.75, 3.05) is 19.0 Å². The van der Waals surface area contributed by atoms with Crippen molar-refractivity contribution in [3.63, 3.8) is 0 Å². The molecule has 3 nitrogen and oxygen atoms in total. The predicted octanol–water partition coefficient (Wildman–Crippen LogP) is 3.79. The van der Waals surface area contributed by atoms with Crippen LogP contribution in [0.2, 0.25) is 0 Å². The van der Waals surface area contributed by atoms with E-state index in [-0.39, 0.29) is 5.54 Å². The molecule has 0 aromatic heterocycles. The number of para-hydroxylation sites is 2. The summed E-state index contributed by atoms with van der Waals surface area (Å²) in [6, 6.07) is 8.10. The molecule has 1 aromatic rings. The van der Waals surface area contributed by atoms with E-state index in [4.69, 9.17) is 10.5 Å². The van der Waals surface area contributed by atoms with Crippen molar-refractivity contribution in [3.8, 4) is 5.75 Å². The monoisotopic (exact) mass is 276 g/mol. The molecular formula is C17H28N2O. The highest BCUT2D eigenvalue weighted by atomic mass is 16.5. The van der Waals surface area contributed by atoms with E-state index in [1.807, 2.05) is 18.2 Å². The van der Waals surface area contributed by atoms with Crippen LogP contribution in [-0.4, -0.2) is 19.2 Å². The van der Waals surface area contributed by atoms with Crippen LogP contribution in [0, 0.1) is 5.41 Å². The zero-order chi connectivity index (χ0) is 14.6. The maximum Gasteiger partial charge on any atom is 0.141 e. The van der Waals surface area contributed by atoms with E-state index in [1.54, 1.807) is 7.11 Å². The Balaban J connectivity index is 2.19. The third kappa shape index (κ3) is 3.45. The molecule has 0 aliphatic heterocycles. The van der Waals surface area contributed by atoms with Gasteiger partial charge in [-0.25, -0.2) is 0 Å². The molecule has 1 aromatic carbocycles. The van der Waals surface area contributed by atoms with Crippen LogP contribution >= 0.6 is 0 Å². The first-order chi connectivity index (χ1) is 9.50. The second kappa shape index (κ2) is 6.04. The van der Waals surface area contributed by atoms with E-state index in [0.717, 1.165) is 24.3 Å². The lowest BCUT2D eigenvalue weighted by molar-refractivity contribution is 0.304. The second-order valence-corrected chi connectivity index (χ2v) is 6.83. The van der Waals surface area contributed by atoms with E-state index in [1.165, 1.54) is 19.3 Å². The Morgan fingerprint density at radius 2 is 1.90 bits per heavy atom. The van der Waals surface area contributed by atoms with Crippen molar-refractivity contribution < 1.29 is 4.74 Å². The number of ether oxygens (including phenoxy) is 1. The summed E-state index contributed by atoms with van der Waals surface area (Å²) in [5, 5.41) is 3.69. The highest BCUT2D eigenvalue weighted by Crippen LogP contribution is 2.40. The van der Waals surface area contributed by atoms with Crippen molar-refractivity contribution in [2.45, 2.75) is 51.5 Å². The van der Waals surface area contributed by atoms with E-state index in [2.05, 4.69) is 25.2 Å². The minimum atomic E-state index is 0.00238. The first-order valence-electron chi connectivity index (χ1n) is 7.62. The zero-order valence-electron chi connectivity index (χ0n) is 13.0. The smallest absolute Gasteiger partial charge is 0.141 e. The van der Waals surface area contributed by atoms with Gasteiger partial charge >= 0.3 is 0 Å². The fourth-order valence-electron chi connectivity index (χ4n) is 3.15. The minimum Gasteiger partial charge on any atom is -0.495 e. The highest BCUT2D eigenvalue weighted by molar-refractivity contribution is 5.57. The Hall–Kier alpha value is -1.22. The van der Waals surface area contributed by atoms with Gasteiger partial charge in [0.25, 0.3) is 0 Å². The molecular weight excluding hydrogens is 248 g/mol. The average molecular weight is 276 g/mol. The molecule has 1 aliphatic carbocycles. The van der Waals surface area contributed by atoms with Gasteiger partial charge in [-0.3, -0.25) is 0 Å². The standard InChI is InChI=1S/C17H28N2O/c1-16(2)9-6-10-17(13-18,12-11-16)19-14-7-4-5-8-15(14)20-3/h4-5,7-8,19H,6,9-13,18H2,1-3H3. The normalized spacial score (nSPS) is 25.8. The Kier molecular flexibility index (Phi) is 4.59. The third-order valence-corrected chi connectivity index (χ3v) is 4.69. The number of hydrogen-bond donors (Lipinski definition) is 2. The lowest BCUT2D eigenvalue weighted by Gasteiger charge is -2.35. The summed E-state index contributed by atoms with van der Waals surface area (Å²) in [6.07, 6.45) is 5.97. The molecule has 1 atom stereocenters. The van der Waals surface area contributed by atoms with Crippen LogP contribution in [0.4, 0.5) is 5.69 Å². The lowest BCUT2D eigenvalue weighted by Crippen LogP contribution is -2.45. The summed E-state index contributed by atoms with van der Waals surface area (Å²) in [6.45, 7) is 5.40. The quantitative estimate of drug-likeness (QED) is 0.822. The molecule has 112 valence electrons. The SMILES string of the molecule is COc1ccccc1NC1(CN)CCCC(C)(C)CC1. The summed E-state index contributed by atoms with van der Waals surface area (Å²) >= 11 is 0. The third-order valence-electron chi connectivity index (χ3n) is 4.69. The van der Waals surface area contributed by atoms with Gasteiger partial charge in [0.15, 0.2) is 0 Å². The molecule has 0 heterocycles. The van der Waals surface area contributed by atoms with Gasteiger partial charge in [-0.1, -0.05) is 32.4 Å². The summed E-state index contributed by atoms with van der Waals surface area (Å²) in [4.78, 5) is 0. The van der Waals surface area contributed by atoms with Crippen LogP contribution in [0.15, 0.2) is 24.3 Å². The fraction of sp³-hybridized carbons (Fsp3) is 0.647. The second-order valence-electron chi connectivity index (χ2n) is 6.83. The number of anilines is 1. The van der Waals surface area contributed by atoms with Crippen molar-refractivity contribution >= 4 is 5.69 Å². The van der Waals surface area contributed by atoms with Crippen molar-refractivity contribution in [1.82, 2.24) is 0 Å². The van der Waals surface area contributed by atoms with Crippen molar-refractivity contribution in [3.05, 3.63) is 24.3 Å². The zero-order valence-corrected chi connectivity index (χ0v) is 13.0. The molecule has 1 unspecified atom stereocenters. The summed E-state index contributed by atoms with van der Waals surface area (Å²) < 4.78 is 5.45. The van der Waals surface area contributed by atoms with Gasteiger partial charge in [-0.05, 0) is 43.2 Å². The number of methoxy groups -OCH3 is 1. The van der Waals surface area contributed by atoms with E-state index >= 15 is 0 Å². The van der Waals surface area contributed by atoms with Gasteiger partial charge in [0.2, 0.25) is 0 Å². The van der Waals surface area contributed by atoms with Crippen LogP contribution in [0.3, 0.4) is 0 Å². The Morgan fingerprint density at radius 3 is 2.60 bits per heavy atom. The number of nitrogens with one attached hydrogen (secondary N) is 1. The topological polar surface area (TPSA) is 47.3 Å². The minimum absolute atomic E-state index is 0.00238. The fourth-order valence-corrected chi connectivity index (χ4v) is 3.15. The van der Waals surface area contributed by atoms with Crippen LogP contribution < -0.4 is 15.8 Å². The number of hydrogen-bond acceptors (Lipinski definition) is 3. The van der Waals surface area contributed by atoms with Crippen LogP contribution in [-0.2, 0) is 0 Å². The van der Waals surface area contributed by atoms with Gasteiger partial charge < -0.3 is 15.8 Å². The first kappa shape index (κ1) is 15.2. The number of benzene rings is 1. The molecule has 0 amide bonds. The maximum absolute atomic E-state index is 6.13. The number of nitrogens with two attached hydrogens (primary N) is 1. The van der Waals surface area contributed by atoms with Gasteiger partial charge in [-0.15, -0.1) is 0 Å². The molecule has 1 saturated carbocycles. The van der Waals surface area contributed by atoms with E-state index in [0.29, 0.717) is 12.0 Å². The van der Waals surface area contributed by atoms with Gasteiger partial charge in [0.1, 0.15) is 5.75 Å². The number of rotatable bonds is 4. The molecule has 2 rings (SSSR count). The first-order valence-corrected chi connectivity index (χ1v) is 7.62. The Morgan fingerprint density at radius 1 is 1.15 bits per heavy atom. The molecule has 0 saturated heterocycles. The lowest BCUT2D eigenvalue weighted by atomic mass is 9.83. The van der Waals surface area contributed by atoms with Gasteiger partial charge in [0, 0.05) is 12.1 Å². The van der Waals surface area contributed by atoms with Crippen LogP contribution in [0.5, 0.6) is 5.75 Å². The predicted molar refractivity (Wildman–Crippen MR) is 85.3 cm³/mol. The molecule has 1 aliphatic rings. The van der Waals surface area contributed by atoms with E-state index < -0.39 is 0 Å². The molecule has 0 radical (unpaired) electrons. The van der Waals surface area contributed by atoms with Crippen molar-refractivity contribution in [2.24, 2.45) is 11.1 Å². The molecule has 0 bridgehead atoms. The highest BCUT2D eigenvalue weighted by Gasteiger charge is 2.35. The van der Waals surface area contributed by atoms with E-state index in [9.17, 15) is 0 Å². The molecule has 20 heavy (non-hydrogen) atoms. The molecule has 3 N–H and O–H groups in total.